The molecular weight excluding hydrogens is 238 g/mol. The molecule has 1 heterocycles. The van der Waals surface area contributed by atoms with Crippen LogP contribution in [0, 0.1) is 5.41 Å². The molecule has 0 saturated carbocycles. The molecule has 0 amide bonds. The van der Waals surface area contributed by atoms with E-state index < -0.39 is 5.97 Å². The lowest BCUT2D eigenvalue weighted by Gasteiger charge is -2.28. The number of thiazole rings is 1. The van der Waals surface area contributed by atoms with Gasteiger partial charge in [-0.05, 0) is 12.3 Å². The van der Waals surface area contributed by atoms with Crippen molar-refractivity contribution in [3.63, 3.8) is 0 Å². The number of hydrogen-bond acceptors (Lipinski definition) is 5. The molecule has 0 aliphatic heterocycles. The molecule has 0 radical (unpaired) electrons. The van der Waals surface area contributed by atoms with E-state index in [1.165, 1.54) is 18.4 Å². The summed E-state index contributed by atoms with van der Waals surface area (Å²) in [6.45, 7) is 8.84. The molecule has 1 unspecified atom stereocenters. The van der Waals surface area contributed by atoms with Gasteiger partial charge in [-0.3, -0.25) is 0 Å². The third-order valence-corrected chi connectivity index (χ3v) is 3.15. The summed E-state index contributed by atoms with van der Waals surface area (Å²) in [6, 6.07) is 0. The van der Waals surface area contributed by atoms with Crippen LogP contribution in [0.4, 0.5) is 0 Å². The highest BCUT2D eigenvalue weighted by Gasteiger charge is 2.30. The molecule has 0 saturated heterocycles. The van der Waals surface area contributed by atoms with Crippen LogP contribution in [0.15, 0.2) is 5.38 Å². The molecule has 96 valence electrons. The van der Waals surface area contributed by atoms with Gasteiger partial charge in [0, 0.05) is 12.0 Å². The van der Waals surface area contributed by atoms with Crippen molar-refractivity contribution in [3.05, 3.63) is 16.1 Å². The lowest BCUT2D eigenvalue weighted by molar-refractivity contribution is -0.0134. The van der Waals surface area contributed by atoms with Crippen molar-refractivity contribution in [1.29, 1.82) is 0 Å². The van der Waals surface area contributed by atoms with E-state index in [-0.39, 0.29) is 11.5 Å². The number of hydrogen-bond donors (Lipinski definition) is 0. The molecule has 5 heteroatoms. The Bertz CT molecular complexity index is 381. The standard InChI is InChI=1S/C12H19NO3S/c1-6-16-9(12(2,3)4)10-13-8(7-17-10)11(14)15-5/h7,9H,6H2,1-5H3. The first-order valence-electron chi connectivity index (χ1n) is 5.55. The van der Waals surface area contributed by atoms with E-state index in [2.05, 4.69) is 30.5 Å². The van der Waals surface area contributed by atoms with Gasteiger partial charge in [-0.25, -0.2) is 9.78 Å². The minimum Gasteiger partial charge on any atom is -0.464 e. The number of aromatic nitrogens is 1. The van der Waals surface area contributed by atoms with E-state index in [4.69, 9.17) is 4.74 Å². The lowest BCUT2D eigenvalue weighted by Crippen LogP contribution is -2.21. The van der Waals surface area contributed by atoms with E-state index in [0.29, 0.717) is 12.3 Å². The van der Waals surface area contributed by atoms with Crippen molar-refractivity contribution >= 4 is 17.3 Å². The molecule has 0 aromatic carbocycles. The maximum atomic E-state index is 11.3. The van der Waals surface area contributed by atoms with Gasteiger partial charge in [0.2, 0.25) is 0 Å². The SMILES string of the molecule is CCOC(c1nc(C(=O)OC)cs1)C(C)(C)C. The number of rotatable bonds is 4. The van der Waals surface area contributed by atoms with Crippen molar-refractivity contribution in [2.45, 2.75) is 33.8 Å². The Morgan fingerprint density at radius 3 is 2.65 bits per heavy atom. The monoisotopic (exact) mass is 257 g/mol. The zero-order valence-electron chi connectivity index (χ0n) is 10.9. The maximum Gasteiger partial charge on any atom is 0.357 e. The van der Waals surface area contributed by atoms with Gasteiger partial charge >= 0.3 is 5.97 Å². The van der Waals surface area contributed by atoms with Gasteiger partial charge in [-0.15, -0.1) is 11.3 Å². The fourth-order valence-electron chi connectivity index (χ4n) is 1.46. The zero-order chi connectivity index (χ0) is 13.1. The van der Waals surface area contributed by atoms with Gasteiger partial charge in [-0.1, -0.05) is 20.8 Å². The molecule has 1 aromatic heterocycles. The Balaban J connectivity index is 2.96. The number of carbonyl (C=O) groups is 1. The summed E-state index contributed by atoms with van der Waals surface area (Å²) in [4.78, 5) is 15.6. The Morgan fingerprint density at radius 1 is 1.53 bits per heavy atom. The molecule has 4 nitrogen and oxygen atoms in total. The number of esters is 1. The van der Waals surface area contributed by atoms with Crippen LogP contribution in [-0.2, 0) is 9.47 Å². The summed E-state index contributed by atoms with van der Waals surface area (Å²) in [6.07, 6.45) is -0.101. The van der Waals surface area contributed by atoms with Crippen molar-refractivity contribution < 1.29 is 14.3 Å². The van der Waals surface area contributed by atoms with Crippen LogP contribution < -0.4 is 0 Å². The minimum absolute atomic E-state index is 0.0543. The molecule has 0 bridgehead atoms. The average Bonchev–Trinajstić information content (AvgIpc) is 2.72. The van der Waals surface area contributed by atoms with Crippen LogP contribution >= 0.6 is 11.3 Å². The summed E-state index contributed by atoms with van der Waals surface area (Å²) in [7, 11) is 1.35. The number of ether oxygens (including phenoxy) is 2. The molecule has 0 aliphatic carbocycles. The fourth-order valence-corrected chi connectivity index (χ4v) is 2.54. The van der Waals surface area contributed by atoms with E-state index >= 15 is 0 Å². The predicted octanol–water partition coefficient (Wildman–Crippen LogP) is 3.05. The molecule has 1 atom stereocenters. The largest absolute Gasteiger partial charge is 0.464 e. The van der Waals surface area contributed by atoms with Crippen molar-refractivity contribution in [2.75, 3.05) is 13.7 Å². The Labute approximate surface area is 106 Å². The second-order valence-electron chi connectivity index (χ2n) is 4.76. The topological polar surface area (TPSA) is 48.4 Å². The van der Waals surface area contributed by atoms with Gasteiger partial charge in [0.05, 0.1) is 7.11 Å². The normalized spacial score (nSPS) is 13.5. The molecule has 1 rings (SSSR count). The number of carbonyl (C=O) groups excluding carboxylic acids is 1. The Hall–Kier alpha value is -0.940. The lowest BCUT2D eigenvalue weighted by atomic mass is 9.89. The second kappa shape index (κ2) is 5.60. The molecule has 17 heavy (non-hydrogen) atoms. The quantitative estimate of drug-likeness (QED) is 0.778. The van der Waals surface area contributed by atoms with Crippen LogP contribution in [0.1, 0.15) is 49.3 Å². The molecule has 0 fully saturated rings. The van der Waals surface area contributed by atoms with Gasteiger partial charge in [0.1, 0.15) is 11.1 Å². The molecule has 0 aliphatic rings. The summed E-state index contributed by atoms with van der Waals surface area (Å²) >= 11 is 1.43. The fraction of sp³-hybridized carbons (Fsp3) is 0.667. The summed E-state index contributed by atoms with van der Waals surface area (Å²) < 4.78 is 10.4. The van der Waals surface area contributed by atoms with Crippen molar-refractivity contribution in [3.8, 4) is 0 Å². The highest BCUT2D eigenvalue weighted by Crippen LogP contribution is 2.37. The third-order valence-electron chi connectivity index (χ3n) is 2.26. The zero-order valence-corrected chi connectivity index (χ0v) is 11.8. The van der Waals surface area contributed by atoms with E-state index in [1.54, 1.807) is 5.38 Å². The molecule has 0 N–H and O–H groups in total. The third kappa shape index (κ3) is 3.51. The number of nitrogens with zero attached hydrogens (tertiary/aromatic N) is 1. The number of methoxy groups -OCH3 is 1. The van der Waals surface area contributed by atoms with Gasteiger partial charge in [0.25, 0.3) is 0 Å². The molecule has 0 spiro atoms. The maximum absolute atomic E-state index is 11.3. The van der Waals surface area contributed by atoms with Gasteiger partial charge < -0.3 is 9.47 Å². The summed E-state index contributed by atoms with van der Waals surface area (Å²) in [5.74, 6) is -0.406. The van der Waals surface area contributed by atoms with Crippen LogP contribution in [-0.4, -0.2) is 24.7 Å². The van der Waals surface area contributed by atoms with Crippen molar-refractivity contribution in [2.24, 2.45) is 5.41 Å². The smallest absolute Gasteiger partial charge is 0.357 e. The van der Waals surface area contributed by atoms with E-state index in [1.807, 2.05) is 6.92 Å². The summed E-state index contributed by atoms with van der Waals surface area (Å²) in [5.41, 5.74) is 0.294. The minimum atomic E-state index is -0.406. The Morgan fingerprint density at radius 2 is 2.18 bits per heavy atom. The first kappa shape index (κ1) is 14.1. The highest BCUT2D eigenvalue weighted by molar-refractivity contribution is 7.09. The van der Waals surface area contributed by atoms with Crippen LogP contribution in [0.3, 0.4) is 0 Å². The highest BCUT2D eigenvalue weighted by atomic mass is 32.1. The first-order valence-corrected chi connectivity index (χ1v) is 6.43. The van der Waals surface area contributed by atoms with Crippen LogP contribution in [0.2, 0.25) is 0 Å². The molecular formula is C12H19NO3S. The van der Waals surface area contributed by atoms with Gasteiger partial charge in [-0.2, -0.15) is 0 Å². The first-order chi connectivity index (χ1) is 7.90. The Kier molecular flexibility index (Phi) is 4.65. The summed E-state index contributed by atoms with van der Waals surface area (Å²) in [5, 5.41) is 2.53. The van der Waals surface area contributed by atoms with Crippen LogP contribution in [0.25, 0.3) is 0 Å². The van der Waals surface area contributed by atoms with Crippen LogP contribution in [0.5, 0.6) is 0 Å². The predicted molar refractivity (Wildman–Crippen MR) is 67.3 cm³/mol. The van der Waals surface area contributed by atoms with E-state index in [0.717, 1.165) is 5.01 Å². The average molecular weight is 257 g/mol. The molecule has 1 aromatic rings. The van der Waals surface area contributed by atoms with Crippen molar-refractivity contribution in [1.82, 2.24) is 4.98 Å². The van der Waals surface area contributed by atoms with Gasteiger partial charge in [0.15, 0.2) is 5.69 Å². The second-order valence-corrected chi connectivity index (χ2v) is 5.65. The van der Waals surface area contributed by atoms with E-state index in [9.17, 15) is 4.79 Å².